The minimum atomic E-state index is -4.46. The molecule has 3 rings (SSSR count). The lowest BCUT2D eigenvalue weighted by atomic mass is 10.1. The van der Waals surface area contributed by atoms with Crippen molar-refractivity contribution in [2.45, 2.75) is 6.18 Å². The number of hydrogen-bond donors (Lipinski definition) is 2. The normalized spacial score (nSPS) is 11.1. The average Bonchev–Trinajstić information content (AvgIpc) is 2.79. The van der Waals surface area contributed by atoms with Gasteiger partial charge in [0.1, 0.15) is 19.0 Å². The van der Waals surface area contributed by atoms with E-state index >= 15 is 0 Å². The van der Waals surface area contributed by atoms with E-state index in [-0.39, 0.29) is 24.5 Å². The Kier molecular flexibility index (Phi) is 8.15. The van der Waals surface area contributed by atoms with Crippen molar-refractivity contribution in [3.05, 3.63) is 83.9 Å². The van der Waals surface area contributed by atoms with Crippen molar-refractivity contribution in [1.29, 1.82) is 0 Å². The van der Waals surface area contributed by atoms with Crippen LogP contribution in [0.4, 0.5) is 30.2 Å². The maximum atomic E-state index is 12.9. The summed E-state index contributed by atoms with van der Waals surface area (Å²) in [4.78, 5) is 12.5. The molecule has 3 N–H and O–H groups in total. The number of carbonyl (C=O) groups excluding carboxylic acids is 1. The lowest BCUT2D eigenvalue weighted by molar-refractivity contribution is -0.137. The minimum absolute atomic E-state index is 0.0125. The summed E-state index contributed by atoms with van der Waals surface area (Å²) in [6.07, 6.45) is -4.46. The van der Waals surface area contributed by atoms with Crippen LogP contribution in [0.15, 0.2) is 72.8 Å². The van der Waals surface area contributed by atoms with E-state index in [2.05, 4.69) is 5.32 Å². The van der Waals surface area contributed by atoms with E-state index in [0.717, 1.165) is 12.1 Å². The summed E-state index contributed by atoms with van der Waals surface area (Å²) in [6.45, 7) is 0.801. The van der Waals surface area contributed by atoms with Crippen molar-refractivity contribution in [1.82, 2.24) is 0 Å². The first-order chi connectivity index (χ1) is 15.8. The fourth-order valence-corrected chi connectivity index (χ4v) is 2.85. The second kappa shape index (κ2) is 11.2. The quantitative estimate of drug-likeness (QED) is 0.243. The van der Waals surface area contributed by atoms with E-state index in [1.807, 2.05) is 0 Å². The molecule has 174 valence electrons. The van der Waals surface area contributed by atoms with E-state index in [9.17, 15) is 18.0 Å². The molecule has 3 aromatic carbocycles. The summed E-state index contributed by atoms with van der Waals surface area (Å²) in [5.41, 5.74) is 6.20. The van der Waals surface area contributed by atoms with E-state index < -0.39 is 17.7 Å². The number of halogens is 3. The highest BCUT2D eigenvalue weighted by Gasteiger charge is 2.30. The molecule has 0 atom stereocenters. The average molecular weight is 460 g/mol. The van der Waals surface area contributed by atoms with Gasteiger partial charge in [-0.15, -0.1) is 0 Å². The van der Waals surface area contributed by atoms with Gasteiger partial charge in [-0.05, 0) is 54.6 Å². The number of rotatable bonds is 10. The third-order valence-corrected chi connectivity index (χ3v) is 4.45. The van der Waals surface area contributed by atoms with Crippen molar-refractivity contribution >= 4 is 23.0 Å². The fraction of sp³-hybridized carbons (Fsp3) is 0.208. The predicted molar refractivity (Wildman–Crippen MR) is 119 cm³/mol. The number of anilines is 3. The van der Waals surface area contributed by atoms with Gasteiger partial charge >= 0.3 is 12.1 Å². The molecule has 0 amide bonds. The van der Waals surface area contributed by atoms with Crippen LogP contribution in [0, 0.1) is 0 Å². The van der Waals surface area contributed by atoms with Gasteiger partial charge < -0.3 is 25.3 Å². The van der Waals surface area contributed by atoms with Crippen LogP contribution in [0.5, 0.6) is 5.75 Å². The first kappa shape index (κ1) is 23.9. The van der Waals surface area contributed by atoms with E-state index in [4.69, 9.17) is 19.9 Å². The molecule has 33 heavy (non-hydrogen) atoms. The van der Waals surface area contributed by atoms with Gasteiger partial charge in [-0.3, -0.25) is 0 Å². The fourth-order valence-electron chi connectivity index (χ4n) is 2.85. The van der Waals surface area contributed by atoms with E-state index in [1.54, 1.807) is 42.5 Å². The molecule has 0 fully saturated rings. The van der Waals surface area contributed by atoms with Crippen LogP contribution in [-0.2, 0) is 15.7 Å². The zero-order chi connectivity index (χ0) is 23.7. The Hall–Kier alpha value is -3.72. The number of para-hydroxylation sites is 1. The molecule has 6 nitrogen and oxygen atoms in total. The Balaban J connectivity index is 1.45. The van der Waals surface area contributed by atoms with Crippen LogP contribution >= 0.6 is 0 Å². The number of hydrogen-bond acceptors (Lipinski definition) is 6. The molecule has 0 radical (unpaired) electrons. The van der Waals surface area contributed by atoms with Crippen molar-refractivity contribution in [3.8, 4) is 5.75 Å². The second-order valence-electron chi connectivity index (χ2n) is 6.91. The van der Waals surface area contributed by atoms with Gasteiger partial charge in [-0.1, -0.05) is 18.2 Å². The molecule has 3 aromatic rings. The zero-order valence-electron chi connectivity index (χ0n) is 17.6. The van der Waals surface area contributed by atoms with Crippen LogP contribution in [0.2, 0.25) is 0 Å². The van der Waals surface area contributed by atoms with Crippen molar-refractivity contribution in [3.63, 3.8) is 0 Å². The highest BCUT2D eigenvalue weighted by molar-refractivity contribution is 5.96. The highest BCUT2D eigenvalue weighted by Crippen LogP contribution is 2.32. The Morgan fingerprint density at radius 1 is 0.879 bits per heavy atom. The monoisotopic (exact) mass is 460 g/mol. The largest absolute Gasteiger partial charge is 0.491 e. The number of nitrogen functional groups attached to an aromatic ring is 1. The number of nitrogens with one attached hydrogen (secondary N) is 1. The lowest BCUT2D eigenvalue weighted by Gasteiger charge is -2.13. The summed E-state index contributed by atoms with van der Waals surface area (Å²) in [5, 5.41) is 2.85. The van der Waals surface area contributed by atoms with Gasteiger partial charge in [0.2, 0.25) is 0 Å². The molecule has 0 spiro atoms. The topological polar surface area (TPSA) is 82.8 Å². The second-order valence-corrected chi connectivity index (χ2v) is 6.91. The smallest absolute Gasteiger partial charge is 0.416 e. The zero-order valence-corrected chi connectivity index (χ0v) is 17.6. The third kappa shape index (κ3) is 7.43. The number of alkyl halides is 3. The molecule has 0 unspecified atom stereocenters. The number of carbonyl (C=O) groups is 1. The molecular weight excluding hydrogens is 437 g/mol. The Morgan fingerprint density at radius 3 is 2.36 bits per heavy atom. The van der Waals surface area contributed by atoms with Gasteiger partial charge in [0.25, 0.3) is 0 Å². The van der Waals surface area contributed by atoms with Gasteiger partial charge in [0, 0.05) is 11.4 Å². The summed E-state index contributed by atoms with van der Waals surface area (Å²) >= 11 is 0. The van der Waals surface area contributed by atoms with Crippen molar-refractivity contribution < 1.29 is 32.2 Å². The van der Waals surface area contributed by atoms with Crippen LogP contribution in [0.3, 0.4) is 0 Å². The summed E-state index contributed by atoms with van der Waals surface area (Å²) in [5.74, 6) is 0.0518. The first-order valence-electron chi connectivity index (χ1n) is 10.1. The van der Waals surface area contributed by atoms with Crippen molar-refractivity contribution in [2.75, 3.05) is 37.5 Å². The Labute approximate surface area is 189 Å². The first-order valence-corrected chi connectivity index (χ1v) is 10.1. The number of esters is 1. The molecule has 0 saturated heterocycles. The maximum Gasteiger partial charge on any atom is 0.416 e. The lowest BCUT2D eigenvalue weighted by Crippen LogP contribution is -2.14. The molecule has 0 aliphatic heterocycles. The van der Waals surface area contributed by atoms with Crippen LogP contribution in [0.25, 0.3) is 0 Å². The minimum Gasteiger partial charge on any atom is -0.491 e. The van der Waals surface area contributed by atoms with Crippen LogP contribution < -0.4 is 15.8 Å². The standard InChI is InChI=1S/C24H23F3N2O4/c25-24(26,27)17-4-3-5-19(16-17)29-22-7-2-1-6-21(22)23(30)33-15-13-31-12-14-32-20-10-8-18(28)9-11-20/h1-11,16,29H,12-15,28H2. The van der Waals surface area contributed by atoms with Crippen LogP contribution in [0.1, 0.15) is 15.9 Å². The Morgan fingerprint density at radius 2 is 1.61 bits per heavy atom. The number of ether oxygens (including phenoxy) is 3. The summed E-state index contributed by atoms with van der Waals surface area (Å²) < 4.78 is 54.9. The molecule has 0 bridgehead atoms. The highest BCUT2D eigenvalue weighted by atomic mass is 19.4. The summed E-state index contributed by atoms with van der Waals surface area (Å²) in [7, 11) is 0. The molecule has 9 heteroatoms. The number of benzene rings is 3. The SMILES string of the molecule is Nc1ccc(OCCOCCOC(=O)c2ccccc2Nc2cccc(C(F)(F)F)c2)cc1. The predicted octanol–water partition coefficient (Wildman–Crippen LogP) is 5.28. The molecule has 0 aliphatic rings. The molecule has 0 saturated carbocycles. The summed E-state index contributed by atoms with van der Waals surface area (Å²) in [6, 6.07) is 18.1. The maximum absolute atomic E-state index is 12.9. The van der Waals surface area contributed by atoms with Gasteiger partial charge in [-0.2, -0.15) is 13.2 Å². The third-order valence-electron chi connectivity index (χ3n) is 4.45. The van der Waals surface area contributed by atoms with Gasteiger partial charge in [0.05, 0.1) is 30.0 Å². The molecule has 0 aromatic heterocycles. The van der Waals surface area contributed by atoms with E-state index in [1.165, 1.54) is 18.2 Å². The Bertz CT molecular complexity index is 1060. The molecule has 0 aliphatic carbocycles. The number of nitrogens with two attached hydrogens (primary N) is 1. The van der Waals surface area contributed by atoms with Crippen molar-refractivity contribution in [2.24, 2.45) is 0 Å². The van der Waals surface area contributed by atoms with E-state index in [0.29, 0.717) is 30.3 Å². The van der Waals surface area contributed by atoms with Gasteiger partial charge in [0.15, 0.2) is 0 Å². The molecular formula is C24H23F3N2O4. The van der Waals surface area contributed by atoms with Crippen LogP contribution in [-0.4, -0.2) is 32.4 Å². The van der Waals surface area contributed by atoms with Gasteiger partial charge in [-0.25, -0.2) is 4.79 Å². The molecule has 0 heterocycles.